The molecule has 0 unspecified atom stereocenters. The molecule has 0 bridgehead atoms. The van der Waals surface area contributed by atoms with Crippen molar-refractivity contribution in [2.24, 2.45) is 0 Å². The predicted octanol–water partition coefficient (Wildman–Crippen LogP) is 2.42. The lowest BCUT2D eigenvalue weighted by atomic mass is 10.2. The molecular weight excluding hydrogens is 186 g/mol. The van der Waals surface area contributed by atoms with Gasteiger partial charge in [0.15, 0.2) is 5.82 Å². The third-order valence-corrected chi connectivity index (χ3v) is 2.61. The Hall–Kier alpha value is -1.77. The van der Waals surface area contributed by atoms with Crippen LogP contribution in [0.4, 0.5) is 0 Å². The molecule has 0 radical (unpaired) electrons. The van der Waals surface area contributed by atoms with Crippen LogP contribution < -0.4 is 0 Å². The van der Waals surface area contributed by atoms with Crippen molar-refractivity contribution < 1.29 is 0 Å². The number of benzene rings is 1. The molecule has 3 rings (SSSR count). The summed E-state index contributed by atoms with van der Waals surface area (Å²) >= 11 is 0. The van der Waals surface area contributed by atoms with Gasteiger partial charge in [-0.25, -0.2) is 4.98 Å². The van der Waals surface area contributed by atoms with Crippen LogP contribution in [-0.2, 0) is 0 Å². The molecule has 3 nitrogen and oxygen atoms in total. The zero-order chi connectivity index (χ0) is 10.1. The maximum atomic E-state index is 4.34. The molecule has 0 amide bonds. The van der Waals surface area contributed by atoms with E-state index >= 15 is 0 Å². The Morgan fingerprint density at radius 1 is 1.00 bits per heavy atom. The Morgan fingerprint density at radius 3 is 2.40 bits per heavy atom. The molecule has 1 aliphatic carbocycles. The lowest BCUT2D eigenvalue weighted by Crippen LogP contribution is -1.96. The summed E-state index contributed by atoms with van der Waals surface area (Å²) in [6, 6.07) is 9.93. The zero-order valence-corrected chi connectivity index (χ0v) is 8.30. The van der Waals surface area contributed by atoms with Crippen molar-refractivity contribution in [1.82, 2.24) is 15.2 Å². The van der Waals surface area contributed by atoms with Gasteiger partial charge in [0.05, 0.1) is 11.9 Å². The van der Waals surface area contributed by atoms with E-state index in [0.717, 1.165) is 11.3 Å². The van der Waals surface area contributed by atoms with E-state index in [2.05, 4.69) is 15.2 Å². The van der Waals surface area contributed by atoms with Crippen molar-refractivity contribution in [2.75, 3.05) is 0 Å². The second-order valence-electron chi connectivity index (χ2n) is 3.85. The lowest BCUT2D eigenvalue weighted by molar-refractivity contribution is 0.877. The van der Waals surface area contributed by atoms with E-state index in [9.17, 15) is 0 Å². The number of hydrogen-bond donors (Lipinski definition) is 0. The summed E-state index contributed by atoms with van der Waals surface area (Å²) in [5.74, 6) is 1.33. The van der Waals surface area contributed by atoms with Gasteiger partial charge in [-0.2, -0.15) is 5.10 Å². The average molecular weight is 197 g/mol. The highest BCUT2D eigenvalue weighted by Gasteiger charge is 2.25. The maximum Gasteiger partial charge on any atom is 0.181 e. The number of hydrogen-bond acceptors (Lipinski definition) is 3. The Morgan fingerprint density at radius 2 is 1.80 bits per heavy atom. The molecule has 0 atom stereocenters. The van der Waals surface area contributed by atoms with E-state index in [1.165, 1.54) is 12.8 Å². The van der Waals surface area contributed by atoms with Crippen molar-refractivity contribution in [3.8, 4) is 11.4 Å². The van der Waals surface area contributed by atoms with Crippen LogP contribution in [0.5, 0.6) is 0 Å². The van der Waals surface area contributed by atoms with E-state index in [-0.39, 0.29) is 0 Å². The fourth-order valence-corrected chi connectivity index (χ4v) is 1.57. The van der Waals surface area contributed by atoms with E-state index in [4.69, 9.17) is 0 Å². The molecule has 1 aromatic carbocycles. The second-order valence-corrected chi connectivity index (χ2v) is 3.85. The van der Waals surface area contributed by atoms with E-state index in [1.807, 2.05) is 36.5 Å². The van der Waals surface area contributed by atoms with Crippen LogP contribution in [0.3, 0.4) is 0 Å². The largest absolute Gasteiger partial charge is 0.233 e. The van der Waals surface area contributed by atoms with Crippen LogP contribution in [0.25, 0.3) is 11.4 Å². The Balaban J connectivity index is 1.93. The molecule has 0 aliphatic heterocycles. The molecule has 1 saturated carbocycles. The molecule has 74 valence electrons. The minimum absolute atomic E-state index is 0.620. The highest BCUT2D eigenvalue weighted by Crippen LogP contribution is 2.38. The highest BCUT2D eigenvalue weighted by molar-refractivity contribution is 5.53. The average Bonchev–Trinajstić information content (AvgIpc) is 3.15. The quantitative estimate of drug-likeness (QED) is 0.742. The molecule has 1 aromatic heterocycles. The van der Waals surface area contributed by atoms with Gasteiger partial charge >= 0.3 is 0 Å². The topological polar surface area (TPSA) is 38.7 Å². The van der Waals surface area contributed by atoms with Crippen LogP contribution >= 0.6 is 0 Å². The van der Waals surface area contributed by atoms with Crippen LogP contribution in [0, 0.1) is 0 Å². The second kappa shape index (κ2) is 3.42. The first-order valence-corrected chi connectivity index (χ1v) is 5.18. The molecule has 15 heavy (non-hydrogen) atoms. The molecule has 0 N–H and O–H groups in total. The molecule has 0 spiro atoms. The van der Waals surface area contributed by atoms with Gasteiger partial charge < -0.3 is 0 Å². The number of nitrogens with zero attached hydrogens (tertiary/aromatic N) is 3. The van der Waals surface area contributed by atoms with Gasteiger partial charge in [0.25, 0.3) is 0 Å². The highest BCUT2D eigenvalue weighted by atomic mass is 15.2. The van der Waals surface area contributed by atoms with Crippen molar-refractivity contribution in [1.29, 1.82) is 0 Å². The molecule has 3 heteroatoms. The van der Waals surface area contributed by atoms with Crippen LogP contribution in [0.15, 0.2) is 36.5 Å². The normalized spacial score (nSPS) is 15.2. The van der Waals surface area contributed by atoms with Gasteiger partial charge in [-0.05, 0) is 12.8 Å². The minimum Gasteiger partial charge on any atom is -0.233 e. The van der Waals surface area contributed by atoms with Gasteiger partial charge in [0.2, 0.25) is 0 Å². The standard InChI is InChI=1S/C12H11N3/c1-2-4-10(5-3-1)12-13-8-11(14-15-12)9-6-7-9/h1-5,8-9H,6-7H2. The van der Waals surface area contributed by atoms with Crippen molar-refractivity contribution in [2.45, 2.75) is 18.8 Å². The molecule has 1 aliphatic rings. The predicted molar refractivity (Wildman–Crippen MR) is 57.2 cm³/mol. The van der Waals surface area contributed by atoms with Gasteiger partial charge in [-0.15, -0.1) is 5.10 Å². The monoisotopic (exact) mass is 197 g/mol. The molecular formula is C12H11N3. The third-order valence-electron chi connectivity index (χ3n) is 2.61. The summed E-state index contributed by atoms with van der Waals surface area (Å²) in [6.07, 6.45) is 4.33. The van der Waals surface area contributed by atoms with Crippen LogP contribution in [-0.4, -0.2) is 15.2 Å². The fraction of sp³-hybridized carbons (Fsp3) is 0.250. The molecule has 2 aromatic rings. The molecule has 1 fully saturated rings. The smallest absolute Gasteiger partial charge is 0.181 e. The summed E-state index contributed by atoms with van der Waals surface area (Å²) in [7, 11) is 0. The minimum atomic E-state index is 0.620. The lowest BCUT2D eigenvalue weighted by Gasteiger charge is -1.99. The maximum absolute atomic E-state index is 4.34. The van der Waals surface area contributed by atoms with Gasteiger partial charge in [0, 0.05) is 11.5 Å². The Kier molecular flexibility index (Phi) is 1.95. The van der Waals surface area contributed by atoms with Crippen molar-refractivity contribution in [3.05, 3.63) is 42.2 Å². The zero-order valence-electron chi connectivity index (χ0n) is 8.30. The summed E-state index contributed by atoms with van der Waals surface area (Å²) < 4.78 is 0. The van der Waals surface area contributed by atoms with Crippen molar-refractivity contribution >= 4 is 0 Å². The first-order valence-electron chi connectivity index (χ1n) is 5.18. The first-order chi connectivity index (χ1) is 7.43. The van der Waals surface area contributed by atoms with Gasteiger partial charge in [-0.1, -0.05) is 30.3 Å². The first kappa shape index (κ1) is 8.53. The number of rotatable bonds is 2. The Labute approximate surface area is 88.2 Å². The molecule has 0 saturated heterocycles. The van der Waals surface area contributed by atoms with Gasteiger partial charge in [0.1, 0.15) is 0 Å². The van der Waals surface area contributed by atoms with Crippen LogP contribution in [0.2, 0.25) is 0 Å². The number of aromatic nitrogens is 3. The van der Waals surface area contributed by atoms with E-state index < -0.39 is 0 Å². The summed E-state index contributed by atoms with van der Waals surface area (Å²) in [6.45, 7) is 0. The van der Waals surface area contributed by atoms with E-state index in [0.29, 0.717) is 11.7 Å². The van der Waals surface area contributed by atoms with E-state index in [1.54, 1.807) is 0 Å². The van der Waals surface area contributed by atoms with Gasteiger partial charge in [-0.3, -0.25) is 0 Å². The summed E-state index contributed by atoms with van der Waals surface area (Å²) in [4.78, 5) is 4.34. The third kappa shape index (κ3) is 1.73. The summed E-state index contributed by atoms with van der Waals surface area (Å²) in [5, 5.41) is 8.35. The van der Waals surface area contributed by atoms with Crippen molar-refractivity contribution in [3.63, 3.8) is 0 Å². The summed E-state index contributed by atoms with van der Waals surface area (Å²) in [5.41, 5.74) is 2.06. The SMILES string of the molecule is c1ccc(-c2ncc(C3CC3)nn2)cc1. The molecule has 1 heterocycles. The Bertz CT molecular complexity index is 446. The van der Waals surface area contributed by atoms with Crippen LogP contribution in [0.1, 0.15) is 24.5 Å². The fourth-order valence-electron chi connectivity index (χ4n) is 1.57.